The Morgan fingerprint density at radius 2 is 2.13 bits per heavy atom. The molecule has 6 heteroatoms. The summed E-state index contributed by atoms with van der Waals surface area (Å²) in [5.41, 5.74) is 0.635. The Morgan fingerprint density at radius 3 is 2.87 bits per heavy atom. The first-order valence-electron chi connectivity index (χ1n) is 8.15. The van der Waals surface area contributed by atoms with E-state index in [1.165, 1.54) is 0 Å². The van der Waals surface area contributed by atoms with Gasteiger partial charge in [0.1, 0.15) is 5.82 Å². The van der Waals surface area contributed by atoms with Gasteiger partial charge in [-0.25, -0.2) is 4.98 Å². The number of rotatable bonds is 2. The Morgan fingerprint density at radius 1 is 1.22 bits per heavy atom. The molecule has 2 aliphatic heterocycles. The highest BCUT2D eigenvalue weighted by atomic mass is 16.2. The van der Waals surface area contributed by atoms with Crippen LogP contribution in [0, 0.1) is 5.41 Å². The minimum absolute atomic E-state index is 0.242. The predicted molar refractivity (Wildman–Crippen MR) is 88.3 cm³/mol. The van der Waals surface area contributed by atoms with Crippen molar-refractivity contribution in [1.29, 1.82) is 0 Å². The number of aromatic nitrogens is 3. The van der Waals surface area contributed by atoms with Crippen LogP contribution in [0.1, 0.15) is 19.3 Å². The van der Waals surface area contributed by atoms with Crippen molar-refractivity contribution in [3.05, 3.63) is 36.8 Å². The summed E-state index contributed by atoms with van der Waals surface area (Å²) < 4.78 is 1.74. The van der Waals surface area contributed by atoms with Crippen molar-refractivity contribution < 1.29 is 4.79 Å². The predicted octanol–water partition coefficient (Wildman–Crippen LogP) is 1.84. The number of anilines is 2. The van der Waals surface area contributed by atoms with Crippen molar-refractivity contribution in [1.82, 2.24) is 14.8 Å². The smallest absolute Gasteiger partial charge is 0.235 e. The lowest BCUT2D eigenvalue weighted by molar-refractivity contribution is -0.126. The van der Waals surface area contributed by atoms with Crippen molar-refractivity contribution in [3.8, 4) is 0 Å². The van der Waals surface area contributed by atoms with E-state index < -0.39 is 0 Å². The lowest BCUT2D eigenvalue weighted by Crippen LogP contribution is -2.48. The van der Waals surface area contributed by atoms with E-state index >= 15 is 0 Å². The first kappa shape index (κ1) is 14.2. The highest BCUT2D eigenvalue weighted by molar-refractivity contribution is 6.00. The van der Waals surface area contributed by atoms with Crippen LogP contribution in [-0.2, 0) is 11.8 Å². The summed E-state index contributed by atoms with van der Waals surface area (Å²) in [5, 5.41) is 4.19. The van der Waals surface area contributed by atoms with Gasteiger partial charge < -0.3 is 9.80 Å². The highest BCUT2D eigenvalue weighted by Crippen LogP contribution is 2.42. The largest absolute Gasteiger partial charge is 0.356 e. The number of nitrogens with zero attached hydrogens (tertiary/aromatic N) is 5. The fourth-order valence-corrected chi connectivity index (χ4v) is 3.86. The number of pyridine rings is 1. The van der Waals surface area contributed by atoms with Crippen LogP contribution in [0.5, 0.6) is 0 Å². The van der Waals surface area contributed by atoms with Gasteiger partial charge in [0.25, 0.3) is 0 Å². The third kappa shape index (κ3) is 2.38. The number of carbonyl (C=O) groups excluding carboxylic acids is 1. The Labute approximate surface area is 135 Å². The van der Waals surface area contributed by atoms with Gasteiger partial charge >= 0.3 is 0 Å². The molecule has 4 rings (SSSR count). The first-order valence-corrected chi connectivity index (χ1v) is 8.15. The second-order valence-electron chi connectivity index (χ2n) is 6.57. The number of amides is 1. The molecule has 2 aromatic heterocycles. The monoisotopic (exact) mass is 311 g/mol. The number of aryl methyl sites for hydroxylation is 1. The van der Waals surface area contributed by atoms with E-state index in [-0.39, 0.29) is 11.3 Å². The molecular formula is C17H21N5O. The maximum Gasteiger partial charge on any atom is 0.235 e. The number of piperidine rings is 1. The van der Waals surface area contributed by atoms with Gasteiger partial charge in [0.05, 0.1) is 17.3 Å². The van der Waals surface area contributed by atoms with Gasteiger partial charge in [-0.1, -0.05) is 6.07 Å². The summed E-state index contributed by atoms with van der Waals surface area (Å²) in [6, 6.07) is 5.95. The van der Waals surface area contributed by atoms with Gasteiger partial charge in [-0.2, -0.15) is 5.10 Å². The first-order chi connectivity index (χ1) is 11.2. The van der Waals surface area contributed by atoms with Crippen LogP contribution in [0.4, 0.5) is 11.5 Å². The molecule has 1 unspecified atom stereocenters. The van der Waals surface area contributed by atoms with Crippen molar-refractivity contribution in [3.63, 3.8) is 0 Å². The molecule has 1 spiro atoms. The van der Waals surface area contributed by atoms with Crippen molar-refractivity contribution in [2.75, 3.05) is 29.4 Å². The Kier molecular flexibility index (Phi) is 3.32. The average molecular weight is 311 g/mol. The summed E-state index contributed by atoms with van der Waals surface area (Å²) in [4.78, 5) is 21.7. The molecule has 1 atom stereocenters. The van der Waals surface area contributed by atoms with Crippen LogP contribution < -0.4 is 9.80 Å². The van der Waals surface area contributed by atoms with E-state index in [0.717, 1.165) is 50.4 Å². The van der Waals surface area contributed by atoms with E-state index in [1.54, 1.807) is 10.9 Å². The van der Waals surface area contributed by atoms with Crippen molar-refractivity contribution in [2.24, 2.45) is 12.5 Å². The molecule has 0 radical (unpaired) electrons. The van der Waals surface area contributed by atoms with Gasteiger partial charge in [-0.05, 0) is 31.4 Å². The topological polar surface area (TPSA) is 54.3 Å². The summed E-state index contributed by atoms with van der Waals surface area (Å²) in [6.45, 7) is 2.51. The normalized spacial score (nSPS) is 24.7. The quantitative estimate of drug-likeness (QED) is 0.849. The molecule has 2 aromatic rings. The summed E-state index contributed by atoms with van der Waals surface area (Å²) in [7, 11) is 1.88. The number of hydrogen-bond acceptors (Lipinski definition) is 4. The third-order valence-corrected chi connectivity index (χ3v) is 5.07. The zero-order valence-electron chi connectivity index (χ0n) is 13.4. The number of hydrogen-bond donors (Lipinski definition) is 0. The summed E-state index contributed by atoms with van der Waals surface area (Å²) in [5.74, 6) is 1.21. The number of carbonyl (C=O) groups is 1. The molecule has 1 amide bonds. The lowest BCUT2D eigenvalue weighted by atomic mass is 9.78. The minimum Gasteiger partial charge on any atom is -0.356 e. The molecule has 0 aromatic carbocycles. The lowest BCUT2D eigenvalue weighted by Gasteiger charge is -2.39. The zero-order chi connectivity index (χ0) is 15.9. The van der Waals surface area contributed by atoms with Crippen molar-refractivity contribution >= 4 is 17.4 Å². The van der Waals surface area contributed by atoms with E-state index in [2.05, 4.69) is 15.0 Å². The molecule has 0 aliphatic carbocycles. The van der Waals surface area contributed by atoms with Gasteiger partial charge in [0.15, 0.2) is 0 Å². The molecule has 0 bridgehead atoms. The second kappa shape index (κ2) is 5.37. The van der Waals surface area contributed by atoms with Crippen LogP contribution in [0.2, 0.25) is 0 Å². The van der Waals surface area contributed by atoms with Gasteiger partial charge in [0, 0.05) is 39.1 Å². The molecule has 6 nitrogen and oxygen atoms in total. The Hall–Kier alpha value is -2.37. The van der Waals surface area contributed by atoms with Gasteiger partial charge in [-0.15, -0.1) is 0 Å². The molecule has 23 heavy (non-hydrogen) atoms. The molecule has 2 saturated heterocycles. The van der Waals surface area contributed by atoms with E-state index in [9.17, 15) is 4.79 Å². The highest BCUT2D eigenvalue weighted by Gasteiger charge is 2.49. The van der Waals surface area contributed by atoms with E-state index in [1.807, 2.05) is 42.5 Å². The SMILES string of the molecule is Cn1cc(N2CCC3(CCCN(c4ccccn4)C3)C2=O)cn1. The second-order valence-corrected chi connectivity index (χ2v) is 6.57. The fraction of sp³-hybridized carbons (Fsp3) is 0.471. The van der Waals surface area contributed by atoms with Crippen LogP contribution in [0.3, 0.4) is 0 Å². The third-order valence-electron chi connectivity index (χ3n) is 5.07. The van der Waals surface area contributed by atoms with Gasteiger partial charge in [0.2, 0.25) is 5.91 Å². The molecule has 4 heterocycles. The molecule has 120 valence electrons. The van der Waals surface area contributed by atoms with Crippen LogP contribution in [0.15, 0.2) is 36.8 Å². The van der Waals surface area contributed by atoms with Gasteiger partial charge in [-0.3, -0.25) is 9.48 Å². The molecule has 0 saturated carbocycles. The maximum atomic E-state index is 13.1. The van der Waals surface area contributed by atoms with Crippen LogP contribution in [0.25, 0.3) is 0 Å². The maximum absolute atomic E-state index is 13.1. The summed E-state index contributed by atoms with van der Waals surface area (Å²) >= 11 is 0. The summed E-state index contributed by atoms with van der Waals surface area (Å²) in [6.07, 6.45) is 8.40. The molecule has 0 N–H and O–H groups in total. The Bertz CT molecular complexity index is 713. The Balaban J connectivity index is 1.57. The van der Waals surface area contributed by atoms with Crippen molar-refractivity contribution in [2.45, 2.75) is 19.3 Å². The average Bonchev–Trinajstić information content (AvgIpc) is 3.14. The molecular weight excluding hydrogens is 290 g/mol. The fourth-order valence-electron chi connectivity index (χ4n) is 3.86. The molecule has 2 fully saturated rings. The molecule has 2 aliphatic rings. The van der Waals surface area contributed by atoms with E-state index in [0.29, 0.717) is 0 Å². The zero-order valence-corrected chi connectivity index (χ0v) is 13.4. The van der Waals surface area contributed by atoms with E-state index in [4.69, 9.17) is 0 Å². The standard InChI is InChI=1S/C17H21N5O/c1-20-12-14(11-19-20)22-10-7-17(16(22)23)6-4-9-21(13-17)15-5-2-3-8-18-15/h2-3,5,8,11-12H,4,6-7,9-10,13H2,1H3. The minimum atomic E-state index is -0.272. The van der Waals surface area contributed by atoms with Crippen LogP contribution >= 0.6 is 0 Å². The van der Waals surface area contributed by atoms with Crippen LogP contribution in [-0.4, -0.2) is 40.3 Å².